The van der Waals surface area contributed by atoms with Crippen LogP contribution in [0.15, 0.2) is 91.0 Å². The summed E-state index contributed by atoms with van der Waals surface area (Å²) in [5.74, 6) is 0. The maximum atomic E-state index is 14.5. The molecule has 0 N–H and O–H groups in total. The molecule has 0 radical (unpaired) electrons. The second-order valence-corrected chi connectivity index (χ2v) is 7.26. The Bertz CT molecular complexity index is 1190. The van der Waals surface area contributed by atoms with Gasteiger partial charge in [-0.05, 0) is 51.4 Å². The van der Waals surface area contributed by atoms with E-state index < -0.39 is 11.7 Å². The number of benzene rings is 4. The first-order valence-electron chi connectivity index (χ1n) is 9.50. The van der Waals surface area contributed by atoms with Crippen LogP contribution < -0.4 is 0 Å². The zero-order valence-corrected chi connectivity index (χ0v) is 15.5. The zero-order chi connectivity index (χ0) is 20.0. The van der Waals surface area contributed by atoms with Crippen LogP contribution in [0.1, 0.15) is 16.7 Å². The lowest BCUT2D eigenvalue weighted by molar-refractivity contribution is -0.137. The summed E-state index contributed by atoms with van der Waals surface area (Å²) in [7, 11) is 0. The summed E-state index contributed by atoms with van der Waals surface area (Å²) in [5.41, 5.74) is 4.61. The fraction of sp³-hybridized carbons (Fsp3) is 0.0769. The predicted molar refractivity (Wildman–Crippen MR) is 111 cm³/mol. The number of halogens is 3. The molecule has 0 nitrogen and oxygen atoms in total. The Morgan fingerprint density at radius 1 is 0.586 bits per heavy atom. The molecule has 0 amide bonds. The minimum absolute atomic E-state index is 0.260. The highest BCUT2D eigenvalue weighted by atomic mass is 19.4. The minimum atomic E-state index is -4.46. The second-order valence-electron chi connectivity index (χ2n) is 7.26. The quantitative estimate of drug-likeness (QED) is 0.293. The molecular weight excluding hydrogens is 369 g/mol. The van der Waals surface area contributed by atoms with Crippen LogP contribution in [0.3, 0.4) is 0 Å². The van der Waals surface area contributed by atoms with E-state index in [1.165, 1.54) is 0 Å². The summed E-state index contributed by atoms with van der Waals surface area (Å²) in [6.07, 6.45) is -4.16. The van der Waals surface area contributed by atoms with Gasteiger partial charge in [0.05, 0.1) is 5.56 Å². The molecule has 142 valence electrons. The molecule has 29 heavy (non-hydrogen) atoms. The van der Waals surface area contributed by atoms with Crippen molar-refractivity contribution in [1.29, 1.82) is 0 Å². The zero-order valence-electron chi connectivity index (χ0n) is 15.5. The highest BCUT2D eigenvalue weighted by molar-refractivity contribution is 5.93. The third-order valence-corrected chi connectivity index (χ3v) is 5.54. The molecule has 1 aliphatic carbocycles. The lowest BCUT2D eigenvalue weighted by Crippen LogP contribution is -2.12. The van der Waals surface area contributed by atoms with E-state index in [2.05, 4.69) is 0 Å². The van der Waals surface area contributed by atoms with E-state index in [0.29, 0.717) is 28.7 Å². The molecule has 0 bridgehead atoms. The maximum Gasteiger partial charge on any atom is 0.417 e. The first-order valence-corrected chi connectivity index (χ1v) is 9.50. The van der Waals surface area contributed by atoms with Crippen LogP contribution in [0.2, 0.25) is 0 Å². The molecule has 0 spiro atoms. The van der Waals surface area contributed by atoms with Crippen molar-refractivity contribution in [3.8, 4) is 33.4 Å². The summed E-state index contributed by atoms with van der Waals surface area (Å²) < 4.78 is 43.5. The predicted octanol–water partition coefficient (Wildman–Crippen LogP) is 7.61. The Balaban J connectivity index is 1.93. The Morgan fingerprint density at radius 2 is 1.17 bits per heavy atom. The van der Waals surface area contributed by atoms with Crippen molar-refractivity contribution in [2.45, 2.75) is 12.6 Å². The molecule has 0 unspecified atom stereocenters. The number of rotatable bonds is 2. The SMILES string of the molecule is FC(F)(F)c1c2c(cc(-c3ccccc3)c1-c1ccccc1)-c1ccccc1C2. The fourth-order valence-corrected chi connectivity index (χ4v) is 4.34. The highest BCUT2D eigenvalue weighted by Crippen LogP contribution is 2.51. The van der Waals surface area contributed by atoms with Crippen molar-refractivity contribution in [1.82, 2.24) is 0 Å². The van der Waals surface area contributed by atoms with Gasteiger partial charge in [-0.3, -0.25) is 0 Å². The Hall–Kier alpha value is -3.33. The van der Waals surface area contributed by atoms with Gasteiger partial charge in [-0.1, -0.05) is 84.9 Å². The van der Waals surface area contributed by atoms with Gasteiger partial charge in [0.25, 0.3) is 0 Å². The first kappa shape index (κ1) is 17.7. The summed E-state index contributed by atoms with van der Waals surface area (Å²) in [6.45, 7) is 0. The van der Waals surface area contributed by atoms with Gasteiger partial charge in [0, 0.05) is 5.56 Å². The van der Waals surface area contributed by atoms with Crippen LogP contribution in [0.4, 0.5) is 13.2 Å². The van der Waals surface area contributed by atoms with Gasteiger partial charge in [-0.25, -0.2) is 0 Å². The molecule has 0 aromatic heterocycles. The lowest BCUT2D eigenvalue weighted by Gasteiger charge is -2.22. The average molecular weight is 386 g/mol. The Labute approximate surface area is 167 Å². The molecule has 0 fully saturated rings. The number of hydrogen-bond donors (Lipinski definition) is 0. The highest BCUT2D eigenvalue weighted by Gasteiger charge is 2.40. The average Bonchev–Trinajstić information content (AvgIpc) is 3.11. The molecule has 4 aromatic rings. The van der Waals surface area contributed by atoms with Crippen LogP contribution in [0.5, 0.6) is 0 Å². The van der Waals surface area contributed by atoms with E-state index in [9.17, 15) is 13.2 Å². The smallest absolute Gasteiger partial charge is 0.166 e. The van der Waals surface area contributed by atoms with Crippen molar-refractivity contribution >= 4 is 0 Å². The first-order chi connectivity index (χ1) is 14.0. The van der Waals surface area contributed by atoms with Gasteiger partial charge in [-0.15, -0.1) is 0 Å². The van der Waals surface area contributed by atoms with Crippen LogP contribution >= 0.6 is 0 Å². The van der Waals surface area contributed by atoms with Crippen LogP contribution in [0, 0.1) is 0 Å². The van der Waals surface area contributed by atoms with Crippen molar-refractivity contribution in [2.75, 3.05) is 0 Å². The normalized spacial score (nSPS) is 12.5. The molecule has 5 rings (SSSR count). The molecule has 0 saturated carbocycles. The van der Waals surface area contributed by atoms with Crippen LogP contribution in [-0.4, -0.2) is 0 Å². The number of alkyl halides is 3. The van der Waals surface area contributed by atoms with Gasteiger partial charge in [-0.2, -0.15) is 13.2 Å². The third-order valence-electron chi connectivity index (χ3n) is 5.54. The van der Waals surface area contributed by atoms with Gasteiger partial charge in [0.2, 0.25) is 0 Å². The molecule has 3 heteroatoms. The molecule has 1 aliphatic rings. The van der Waals surface area contributed by atoms with Crippen LogP contribution in [-0.2, 0) is 12.6 Å². The van der Waals surface area contributed by atoms with Crippen molar-refractivity contribution in [2.24, 2.45) is 0 Å². The molecule has 0 atom stereocenters. The van der Waals surface area contributed by atoms with E-state index in [4.69, 9.17) is 0 Å². The standard InChI is InChI=1S/C26H17F3/c27-26(28,29)25-23-15-19-13-7-8-14-20(19)22(23)16-21(17-9-3-1-4-10-17)24(25)18-11-5-2-6-12-18/h1-14,16H,15H2. The van der Waals surface area contributed by atoms with Crippen LogP contribution in [0.25, 0.3) is 33.4 Å². The summed E-state index contributed by atoms with van der Waals surface area (Å²) in [4.78, 5) is 0. The minimum Gasteiger partial charge on any atom is -0.166 e. The Morgan fingerprint density at radius 3 is 1.83 bits per heavy atom. The second kappa shape index (κ2) is 6.63. The van der Waals surface area contributed by atoms with E-state index in [0.717, 1.165) is 16.7 Å². The molecule has 4 aromatic carbocycles. The van der Waals surface area contributed by atoms with E-state index in [1.54, 1.807) is 24.3 Å². The maximum absolute atomic E-state index is 14.5. The Kier molecular flexibility index (Phi) is 4.06. The largest absolute Gasteiger partial charge is 0.417 e. The van der Waals surface area contributed by atoms with Gasteiger partial charge >= 0.3 is 6.18 Å². The number of fused-ring (bicyclic) bond motifs is 3. The monoisotopic (exact) mass is 386 g/mol. The molecular formula is C26H17F3. The fourth-order valence-electron chi connectivity index (χ4n) is 4.34. The summed E-state index contributed by atoms with van der Waals surface area (Å²) in [5, 5.41) is 0. The summed E-state index contributed by atoms with van der Waals surface area (Å²) >= 11 is 0. The van der Waals surface area contributed by atoms with Crippen molar-refractivity contribution < 1.29 is 13.2 Å². The van der Waals surface area contributed by atoms with Crippen molar-refractivity contribution in [3.05, 3.63) is 108 Å². The third kappa shape index (κ3) is 2.94. The van der Waals surface area contributed by atoms with Gasteiger partial charge in [0.1, 0.15) is 0 Å². The summed E-state index contributed by atoms with van der Waals surface area (Å²) in [6, 6.07) is 27.8. The lowest BCUT2D eigenvalue weighted by atomic mass is 9.85. The van der Waals surface area contributed by atoms with E-state index in [-0.39, 0.29) is 5.56 Å². The van der Waals surface area contributed by atoms with E-state index in [1.807, 2.05) is 66.7 Å². The van der Waals surface area contributed by atoms with E-state index >= 15 is 0 Å². The van der Waals surface area contributed by atoms with Gasteiger partial charge < -0.3 is 0 Å². The molecule has 0 saturated heterocycles. The number of hydrogen-bond acceptors (Lipinski definition) is 0. The molecule has 0 aliphatic heterocycles. The topological polar surface area (TPSA) is 0 Å². The molecule has 0 heterocycles. The van der Waals surface area contributed by atoms with Crippen molar-refractivity contribution in [3.63, 3.8) is 0 Å². The van der Waals surface area contributed by atoms with Gasteiger partial charge in [0.15, 0.2) is 0 Å².